The van der Waals surface area contributed by atoms with Crippen LogP contribution in [0.5, 0.6) is 23.0 Å². The summed E-state index contributed by atoms with van der Waals surface area (Å²) in [6, 6.07) is 37.5. The van der Waals surface area contributed by atoms with Crippen LogP contribution in [0.2, 0.25) is 0 Å². The van der Waals surface area contributed by atoms with Crippen LogP contribution in [0.1, 0.15) is 103 Å². The van der Waals surface area contributed by atoms with Gasteiger partial charge in [0.25, 0.3) is 0 Å². The number of hydrogen-bond acceptors (Lipinski definition) is 6. The van der Waals surface area contributed by atoms with Crippen molar-refractivity contribution in [2.75, 3.05) is 26.4 Å². The normalized spacial score (nSPS) is 16.4. The molecular weight excluding hydrogens is 693 g/mol. The number of aromatic nitrogens is 2. The van der Waals surface area contributed by atoms with Gasteiger partial charge in [0.15, 0.2) is 0 Å². The van der Waals surface area contributed by atoms with E-state index in [0.29, 0.717) is 0 Å². The molecule has 0 atom stereocenters. The van der Waals surface area contributed by atoms with Crippen molar-refractivity contribution in [1.82, 2.24) is 9.97 Å². The first kappa shape index (κ1) is 39.1. The Kier molecular flexibility index (Phi) is 14.9. The molecule has 10 bridgehead atoms. The molecule has 4 aromatic carbocycles. The molecule has 0 unspecified atom stereocenters. The summed E-state index contributed by atoms with van der Waals surface area (Å²) in [5.74, 6) is 3.62. The van der Waals surface area contributed by atoms with E-state index in [0.717, 1.165) is 119 Å². The molecule has 5 heterocycles. The number of ether oxygens (including phenoxy) is 4. The molecule has 0 fully saturated rings. The van der Waals surface area contributed by atoms with E-state index >= 15 is 0 Å². The van der Waals surface area contributed by atoms with Crippen molar-refractivity contribution in [3.63, 3.8) is 0 Å². The number of hydrogen-bond donors (Lipinski definition) is 0. The smallest absolute Gasteiger partial charge is 0.122 e. The van der Waals surface area contributed by atoms with Crippen LogP contribution in [0.15, 0.2) is 109 Å². The highest BCUT2D eigenvalue weighted by atomic mass is 16.5. The van der Waals surface area contributed by atoms with Crippen molar-refractivity contribution < 1.29 is 18.9 Å². The molecule has 6 heteroatoms. The van der Waals surface area contributed by atoms with Crippen molar-refractivity contribution in [2.45, 2.75) is 103 Å². The summed E-state index contributed by atoms with van der Waals surface area (Å²) in [7, 11) is 0. The van der Waals surface area contributed by atoms with Crippen molar-refractivity contribution in [2.24, 2.45) is 0 Å². The second-order valence-corrected chi connectivity index (χ2v) is 15.2. The predicted octanol–water partition coefficient (Wildman–Crippen LogP) is 13.6. The highest BCUT2D eigenvalue weighted by Crippen LogP contribution is 2.30. The van der Waals surface area contributed by atoms with Gasteiger partial charge in [-0.1, -0.05) is 107 Å². The van der Waals surface area contributed by atoms with Crippen molar-refractivity contribution in [3.05, 3.63) is 109 Å². The zero-order chi connectivity index (χ0) is 38.0. The molecule has 3 aliphatic heterocycles. The number of pyridine rings is 2. The van der Waals surface area contributed by atoms with E-state index in [1.54, 1.807) is 0 Å². The van der Waals surface area contributed by atoms with E-state index in [1.165, 1.54) is 77.0 Å². The Hall–Kier alpha value is -5.10. The van der Waals surface area contributed by atoms with Gasteiger partial charge in [0.1, 0.15) is 23.0 Å². The molecule has 0 spiro atoms. The molecule has 2 aromatic heterocycles. The second-order valence-electron chi connectivity index (χ2n) is 15.2. The van der Waals surface area contributed by atoms with Crippen LogP contribution in [0.4, 0.5) is 0 Å². The highest BCUT2D eigenvalue weighted by Gasteiger charge is 2.10. The van der Waals surface area contributed by atoms with Crippen LogP contribution in [0.25, 0.3) is 44.3 Å². The number of benzene rings is 4. The maximum Gasteiger partial charge on any atom is 0.122 e. The third-order valence-electron chi connectivity index (χ3n) is 10.8. The maximum atomic E-state index is 6.10. The third kappa shape index (κ3) is 11.7. The minimum atomic E-state index is 0.743. The van der Waals surface area contributed by atoms with E-state index in [9.17, 15) is 0 Å². The summed E-state index contributed by atoms with van der Waals surface area (Å²) in [4.78, 5) is 10.3. The summed E-state index contributed by atoms with van der Waals surface area (Å²) >= 11 is 0. The molecule has 0 saturated heterocycles. The maximum absolute atomic E-state index is 6.10. The average Bonchev–Trinajstić information content (AvgIpc) is 3.24. The van der Waals surface area contributed by atoms with Crippen molar-refractivity contribution in [3.8, 4) is 45.5 Å². The lowest BCUT2D eigenvalue weighted by Gasteiger charge is -2.10. The Bertz CT molecular complexity index is 1930. The fourth-order valence-electron chi connectivity index (χ4n) is 7.48. The van der Waals surface area contributed by atoms with Gasteiger partial charge in [-0.25, -0.2) is 9.97 Å². The van der Waals surface area contributed by atoms with E-state index in [-0.39, 0.29) is 0 Å². The Labute approximate surface area is 333 Å². The van der Waals surface area contributed by atoms with Crippen LogP contribution in [0, 0.1) is 0 Å². The highest BCUT2D eigenvalue weighted by molar-refractivity contribution is 6.04. The lowest BCUT2D eigenvalue weighted by molar-refractivity contribution is 0.289. The number of rotatable bonds is 0. The minimum absolute atomic E-state index is 0.743. The first-order valence-electron chi connectivity index (χ1n) is 21.3. The predicted molar refractivity (Wildman–Crippen MR) is 230 cm³/mol. The molecule has 6 nitrogen and oxygen atoms in total. The molecular formula is C50H58N2O4. The van der Waals surface area contributed by atoms with E-state index < -0.39 is 0 Å². The van der Waals surface area contributed by atoms with Gasteiger partial charge in [-0.05, 0) is 98.5 Å². The van der Waals surface area contributed by atoms with Gasteiger partial charge in [0.05, 0.1) is 48.8 Å². The summed E-state index contributed by atoms with van der Waals surface area (Å²) in [6.45, 7) is 3.01. The summed E-state index contributed by atoms with van der Waals surface area (Å²) < 4.78 is 24.3. The molecule has 6 aromatic rings. The Morgan fingerprint density at radius 2 is 0.625 bits per heavy atom. The first-order chi connectivity index (χ1) is 27.8. The fraction of sp³-hybridized carbons (Fsp3) is 0.400. The van der Waals surface area contributed by atoms with Gasteiger partial charge in [-0.15, -0.1) is 0 Å². The molecule has 0 aliphatic carbocycles. The molecule has 0 N–H and O–H groups in total. The Morgan fingerprint density at radius 1 is 0.304 bits per heavy atom. The third-order valence-corrected chi connectivity index (χ3v) is 10.8. The van der Waals surface area contributed by atoms with Gasteiger partial charge < -0.3 is 18.9 Å². The molecule has 9 rings (SSSR count). The molecule has 0 saturated carbocycles. The van der Waals surface area contributed by atoms with Crippen molar-refractivity contribution in [1.29, 1.82) is 0 Å². The zero-order valence-corrected chi connectivity index (χ0v) is 33.1. The monoisotopic (exact) mass is 750 g/mol. The summed E-state index contributed by atoms with van der Waals surface area (Å²) in [5, 5.41) is 2.16. The molecule has 56 heavy (non-hydrogen) atoms. The second kappa shape index (κ2) is 21.3. The first-order valence-corrected chi connectivity index (χ1v) is 21.3. The quantitative estimate of drug-likeness (QED) is 0.144. The molecule has 292 valence electrons. The van der Waals surface area contributed by atoms with Crippen LogP contribution < -0.4 is 18.9 Å². The van der Waals surface area contributed by atoms with Gasteiger partial charge in [-0.3, -0.25) is 0 Å². The largest absolute Gasteiger partial charge is 0.494 e. The summed E-state index contributed by atoms with van der Waals surface area (Å²) in [5.41, 5.74) is 5.81. The topological polar surface area (TPSA) is 62.7 Å². The van der Waals surface area contributed by atoms with Gasteiger partial charge in [0.2, 0.25) is 0 Å². The van der Waals surface area contributed by atoms with Crippen LogP contribution in [-0.2, 0) is 0 Å². The molecule has 3 aliphatic rings. The van der Waals surface area contributed by atoms with Crippen molar-refractivity contribution >= 4 is 21.8 Å². The van der Waals surface area contributed by atoms with E-state index in [2.05, 4.69) is 84.9 Å². The van der Waals surface area contributed by atoms with Gasteiger partial charge in [-0.2, -0.15) is 0 Å². The van der Waals surface area contributed by atoms with Crippen LogP contribution in [0.3, 0.4) is 0 Å². The Balaban J connectivity index is 0.953. The van der Waals surface area contributed by atoms with E-state index in [4.69, 9.17) is 28.9 Å². The average molecular weight is 751 g/mol. The molecule has 0 radical (unpaired) electrons. The molecule has 0 amide bonds. The SMILES string of the molecule is c1cc2cc(c1)OCCCCCCCCCCOc1ccc(cc1)-c1ccc3ccc4ccc(nc4c3n1)-c1ccc(cc1)OCCCCCCCCCCO2. The minimum Gasteiger partial charge on any atom is -0.494 e. The lowest BCUT2D eigenvalue weighted by atomic mass is 10.1. The van der Waals surface area contributed by atoms with Gasteiger partial charge >= 0.3 is 0 Å². The Morgan fingerprint density at radius 3 is 1.00 bits per heavy atom. The number of fused-ring (bicyclic) bond motifs is 2. The zero-order valence-electron chi connectivity index (χ0n) is 33.1. The summed E-state index contributed by atoms with van der Waals surface area (Å²) in [6.07, 6.45) is 19.3. The lowest BCUT2D eigenvalue weighted by Crippen LogP contribution is -2.00. The van der Waals surface area contributed by atoms with Crippen LogP contribution in [-0.4, -0.2) is 36.4 Å². The number of nitrogens with zero attached hydrogens (tertiary/aromatic N) is 2. The van der Waals surface area contributed by atoms with Crippen LogP contribution >= 0.6 is 0 Å². The van der Waals surface area contributed by atoms with E-state index in [1.807, 2.05) is 24.3 Å². The fourth-order valence-corrected chi connectivity index (χ4v) is 7.48. The standard InChI is InChI=1S/C50H58N2O4/c1-3-7-11-15-36-55-45-18-17-19-46(38-45)56-37-16-12-8-4-2-6-10-14-35-54-44-30-24-40(25-31-44)48-33-27-42-21-20-41-26-32-47(51-49(41)50(42)52-48)39-22-28-43(29-23-39)53-34-13-9-5-1/h17-33,38H,1-16,34-37H2. The van der Waals surface area contributed by atoms with Gasteiger partial charge in [0, 0.05) is 28.0 Å².